The van der Waals surface area contributed by atoms with Gasteiger partial charge in [-0.15, -0.1) is 0 Å². The molecule has 2 heterocycles. The van der Waals surface area contributed by atoms with Crippen LogP contribution in [0.15, 0.2) is 11.8 Å². The van der Waals surface area contributed by atoms with E-state index in [1.54, 1.807) is 6.26 Å². The summed E-state index contributed by atoms with van der Waals surface area (Å²) in [5, 5.41) is 2.44. The number of epoxide rings is 1. The van der Waals surface area contributed by atoms with Gasteiger partial charge in [-0.05, 0) is 31.8 Å². The smallest absolute Gasteiger partial charge is 0.409 e. The van der Waals surface area contributed by atoms with Crippen LogP contribution in [-0.4, -0.2) is 31.1 Å². The summed E-state index contributed by atoms with van der Waals surface area (Å²) in [7, 11) is 1.54. The number of nitrogens with one attached hydrogen (secondary N) is 1. The molecule has 3 rings (SSSR count). The Morgan fingerprint density at radius 3 is 3.12 bits per heavy atom. The molecule has 0 spiro atoms. The monoisotopic (exact) mass is 239 g/mol. The highest BCUT2D eigenvalue weighted by molar-refractivity contribution is 5.66. The van der Waals surface area contributed by atoms with E-state index >= 15 is 0 Å². The first-order valence-corrected chi connectivity index (χ1v) is 5.94. The Morgan fingerprint density at radius 1 is 1.65 bits per heavy atom. The third-order valence-corrected chi connectivity index (χ3v) is 4.24. The van der Waals surface area contributed by atoms with Crippen LogP contribution >= 0.6 is 0 Å². The maximum Gasteiger partial charge on any atom is 0.409 e. The van der Waals surface area contributed by atoms with Crippen molar-refractivity contribution in [3.05, 3.63) is 11.8 Å². The van der Waals surface area contributed by atoms with Gasteiger partial charge >= 0.3 is 6.09 Å². The first-order valence-electron chi connectivity index (χ1n) is 5.94. The van der Waals surface area contributed by atoms with Gasteiger partial charge in [0, 0.05) is 7.05 Å². The van der Waals surface area contributed by atoms with Crippen LogP contribution in [0.5, 0.6) is 0 Å². The van der Waals surface area contributed by atoms with Gasteiger partial charge in [-0.1, -0.05) is 0 Å². The second-order valence-corrected chi connectivity index (χ2v) is 5.18. The second-order valence-electron chi connectivity index (χ2n) is 5.18. The minimum absolute atomic E-state index is 0.106. The predicted octanol–water partition coefficient (Wildman–Crippen LogP) is 1.40. The molecule has 0 aromatic rings. The lowest BCUT2D eigenvalue weighted by Gasteiger charge is -2.35. The number of hydrogen-bond donors (Lipinski definition) is 1. The molecule has 1 saturated carbocycles. The fourth-order valence-electron chi connectivity index (χ4n) is 3.17. The molecule has 1 N–H and O–H groups in total. The SMILES string of the molecule is CNC(=O)O[C@@H]1OC=C(C)[C@H]2C[C@@H]3O[C@]3(C)[C@@H]12. The molecule has 5 heteroatoms. The Hall–Kier alpha value is -1.23. The van der Waals surface area contributed by atoms with E-state index in [0.29, 0.717) is 12.0 Å². The lowest BCUT2D eigenvalue weighted by molar-refractivity contribution is -0.137. The molecule has 0 unspecified atom stereocenters. The number of carbonyl (C=O) groups excluding carboxylic acids is 1. The summed E-state index contributed by atoms with van der Waals surface area (Å²) in [4.78, 5) is 11.3. The van der Waals surface area contributed by atoms with Gasteiger partial charge in [0.15, 0.2) is 0 Å². The molecule has 1 saturated heterocycles. The summed E-state index contributed by atoms with van der Waals surface area (Å²) in [6, 6.07) is 0. The number of carbonyl (C=O) groups is 1. The standard InChI is InChI=1S/C12H17NO4/c1-6-5-15-10(16-11(14)13-3)9-7(6)4-8-12(9,2)17-8/h5,7-10H,4H2,1-3H3,(H,13,14)/t7-,8+,9-,10+,12+/m1/s1. The van der Waals surface area contributed by atoms with E-state index in [4.69, 9.17) is 14.2 Å². The molecule has 1 aliphatic carbocycles. The van der Waals surface area contributed by atoms with Crippen LogP contribution in [0.25, 0.3) is 0 Å². The summed E-state index contributed by atoms with van der Waals surface area (Å²) < 4.78 is 16.5. The number of alkyl carbamates (subject to hydrolysis) is 1. The van der Waals surface area contributed by atoms with Gasteiger partial charge in [-0.3, -0.25) is 0 Å². The van der Waals surface area contributed by atoms with Crippen molar-refractivity contribution in [2.24, 2.45) is 11.8 Å². The normalized spacial score (nSPS) is 46.2. The molecule has 5 nitrogen and oxygen atoms in total. The second kappa shape index (κ2) is 3.38. The highest BCUT2D eigenvalue weighted by Gasteiger charge is 2.69. The average molecular weight is 239 g/mol. The molecule has 2 aliphatic heterocycles. The van der Waals surface area contributed by atoms with E-state index in [2.05, 4.69) is 19.2 Å². The quantitative estimate of drug-likeness (QED) is 0.702. The number of hydrogen-bond acceptors (Lipinski definition) is 4. The first kappa shape index (κ1) is 10.9. The highest BCUT2D eigenvalue weighted by atomic mass is 16.7. The minimum atomic E-state index is -0.541. The fourth-order valence-corrected chi connectivity index (χ4v) is 3.17. The van der Waals surface area contributed by atoms with Crippen molar-refractivity contribution in [2.45, 2.75) is 38.3 Å². The lowest BCUT2D eigenvalue weighted by Crippen LogP contribution is -2.43. The zero-order valence-electron chi connectivity index (χ0n) is 10.2. The maximum atomic E-state index is 11.3. The van der Waals surface area contributed by atoms with Crippen molar-refractivity contribution < 1.29 is 19.0 Å². The number of rotatable bonds is 1. The van der Waals surface area contributed by atoms with E-state index in [1.165, 1.54) is 12.6 Å². The number of fused-ring (bicyclic) bond motifs is 3. The van der Waals surface area contributed by atoms with Crippen LogP contribution < -0.4 is 5.32 Å². The van der Waals surface area contributed by atoms with Crippen LogP contribution in [0.4, 0.5) is 4.79 Å². The van der Waals surface area contributed by atoms with Crippen LogP contribution in [0.3, 0.4) is 0 Å². The van der Waals surface area contributed by atoms with Gasteiger partial charge in [0.2, 0.25) is 0 Å². The molecule has 17 heavy (non-hydrogen) atoms. The zero-order valence-corrected chi connectivity index (χ0v) is 10.2. The summed E-state index contributed by atoms with van der Waals surface area (Å²) >= 11 is 0. The van der Waals surface area contributed by atoms with Crippen molar-refractivity contribution in [2.75, 3.05) is 7.05 Å². The zero-order chi connectivity index (χ0) is 12.2. The van der Waals surface area contributed by atoms with Gasteiger partial charge in [0.1, 0.15) is 5.60 Å². The fraction of sp³-hybridized carbons (Fsp3) is 0.750. The predicted molar refractivity (Wildman–Crippen MR) is 59.0 cm³/mol. The Labute approximate surface area is 100 Å². The average Bonchev–Trinajstić information content (AvgIpc) is 2.86. The highest BCUT2D eigenvalue weighted by Crippen LogP contribution is 2.60. The number of amides is 1. The molecule has 0 aromatic heterocycles. The number of allylic oxidation sites excluding steroid dienone is 1. The van der Waals surface area contributed by atoms with Gasteiger partial charge in [-0.25, -0.2) is 4.79 Å². The summed E-state index contributed by atoms with van der Waals surface area (Å²) in [5.41, 5.74) is 1.03. The van der Waals surface area contributed by atoms with Crippen LogP contribution in [-0.2, 0) is 14.2 Å². The van der Waals surface area contributed by atoms with E-state index in [-0.39, 0.29) is 11.5 Å². The van der Waals surface area contributed by atoms with Crippen LogP contribution in [0.1, 0.15) is 20.3 Å². The minimum Gasteiger partial charge on any atom is -0.462 e. The largest absolute Gasteiger partial charge is 0.462 e. The topological polar surface area (TPSA) is 60.1 Å². The number of ether oxygens (including phenoxy) is 3. The maximum absolute atomic E-state index is 11.3. The summed E-state index contributed by atoms with van der Waals surface area (Å²) in [6.07, 6.45) is 2.00. The van der Waals surface area contributed by atoms with Crippen molar-refractivity contribution in [3.63, 3.8) is 0 Å². The van der Waals surface area contributed by atoms with Crippen molar-refractivity contribution in [3.8, 4) is 0 Å². The molecule has 3 aliphatic rings. The summed E-state index contributed by atoms with van der Waals surface area (Å²) in [6.45, 7) is 4.13. The van der Waals surface area contributed by atoms with E-state index in [0.717, 1.165) is 6.42 Å². The van der Waals surface area contributed by atoms with Crippen molar-refractivity contribution in [1.82, 2.24) is 5.32 Å². The van der Waals surface area contributed by atoms with Crippen molar-refractivity contribution >= 4 is 6.09 Å². The summed E-state index contributed by atoms with van der Waals surface area (Å²) in [5.74, 6) is 0.511. The Kier molecular flexibility index (Phi) is 2.17. The molecule has 0 aromatic carbocycles. The molecule has 5 atom stereocenters. The molecular formula is C12H17NO4. The lowest BCUT2D eigenvalue weighted by atomic mass is 9.83. The molecule has 0 radical (unpaired) electrons. The van der Waals surface area contributed by atoms with Crippen molar-refractivity contribution in [1.29, 1.82) is 0 Å². The van der Waals surface area contributed by atoms with Gasteiger partial charge in [0.25, 0.3) is 6.29 Å². The Bertz CT molecular complexity index is 394. The first-order chi connectivity index (χ1) is 8.06. The molecular weight excluding hydrogens is 222 g/mol. The molecule has 0 bridgehead atoms. The van der Waals surface area contributed by atoms with Crippen LogP contribution in [0, 0.1) is 11.8 Å². The Balaban J connectivity index is 1.83. The van der Waals surface area contributed by atoms with E-state index in [1.807, 2.05) is 0 Å². The van der Waals surface area contributed by atoms with Gasteiger partial charge in [0.05, 0.1) is 18.3 Å². The third kappa shape index (κ3) is 1.45. The van der Waals surface area contributed by atoms with Gasteiger partial charge < -0.3 is 19.5 Å². The Morgan fingerprint density at radius 2 is 2.41 bits per heavy atom. The van der Waals surface area contributed by atoms with Gasteiger partial charge in [-0.2, -0.15) is 0 Å². The molecule has 1 amide bonds. The third-order valence-electron chi connectivity index (χ3n) is 4.24. The van der Waals surface area contributed by atoms with E-state index < -0.39 is 12.4 Å². The molecule has 94 valence electrons. The van der Waals surface area contributed by atoms with E-state index in [9.17, 15) is 4.79 Å². The van der Waals surface area contributed by atoms with Crippen LogP contribution in [0.2, 0.25) is 0 Å². The molecule has 2 fully saturated rings.